The van der Waals surface area contributed by atoms with E-state index in [0.717, 1.165) is 0 Å². The molecule has 0 atom stereocenters. The van der Waals surface area contributed by atoms with Crippen molar-refractivity contribution < 1.29 is 18.4 Å². The number of benzene rings is 1. The summed E-state index contributed by atoms with van der Waals surface area (Å²) >= 11 is 0.415. The molecule has 0 aliphatic heterocycles. The summed E-state index contributed by atoms with van der Waals surface area (Å²) in [6.07, 6.45) is 0. The van der Waals surface area contributed by atoms with Gasteiger partial charge in [-0.25, -0.2) is 0 Å². The minimum Gasteiger partial charge on any atom is -0.352 e. The molecular weight excluding hydrogens is 286 g/mol. The Bertz CT molecular complexity index is 464. The van der Waals surface area contributed by atoms with Gasteiger partial charge in [0.1, 0.15) is 0 Å². The molecule has 0 aliphatic carbocycles. The zero-order chi connectivity index (χ0) is 15.1. The largest absolute Gasteiger partial charge is 0.352 e. The molecule has 0 fully saturated rings. The number of hydrogen-bond acceptors (Lipinski definition) is 3. The highest BCUT2D eigenvalue weighted by atomic mass is 32.2. The molecule has 2 amide bonds. The molecule has 1 rings (SSSR count). The fourth-order valence-corrected chi connectivity index (χ4v) is 1.92. The molecule has 0 heterocycles. The van der Waals surface area contributed by atoms with Crippen LogP contribution in [0.2, 0.25) is 0 Å². The van der Waals surface area contributed by atoms with Crippen molar-refractivity contribution in [3.8, 4) is 0 Å². The number of carbonyl (C=O) groups excluding carboxylic acids is 2. The summed E-state index contributed by atoms with van der Waals surface area (Å²) in [5.74, 6) is -3.19. The Labute approximate surface area is 120 Å². The van der Waals surface area contributed by atoms with E-state index in [9.17, 15) is 18.4 Å². The van der Waals surface area contributed by atoms with E-state index in [1.54, 1.807) is 0 Å². The van der Waals surface area contributed by atoms with Crippen molar-refractivity contribution in [2.45, 2.75) is 30.5 Å². The lowest BCUT2D eigenvalue weighted by Crippen LogP contribution is -2.39. The summed E-state index contributed by atoms with van der Waals surface area (Å²) in [5, 5.41) is 5.10. The maximum atomic E-state index is 12.1. The molecule has 1 aromatic carbocycles. The third-order valence-electron chi connectivity index (χ3n) is 2.20. The molecule has 0 aliphatic rings. The minimum atomic E-state index is -2.49. The van der Waals surface area contributed by atoms with Crippen molar-refractivity contribution in [2.75, 3.05) is 6.54 Å². The highest BCUT2D eigenvalue weighted by Gasteiger charge is 2.10. The summed E-state index contributed by atoms with van der Waals surface area (Å²) in [5.41, 5.74) is 0.320. The smallest absolute Gasteiger partial charge is 0.288 e. The predicted octanol–water partition coefficient (Wildman–Crippen LogP) is 2.26. The first-order valence-electron chi connectivity index (χ1n) is 6.01. The Kier molecular flexibility index (Phi) is 6.44. The van der Waals surface area contributed by atoms with Crippen molar-refractivity contribution in [1.82, 2.24) is 10.6 Å². The van der Waals surface area contributed by atoms with Crippen LogP contribution in [0.15, 0.2) is 29.2 Å². The highest BCUT2D eigenvalue weighted by Crippen LogP contribution is 2.24. The second kappa shape index (κ2) is 7.84. The molecule has 4 nitrogen and oxygen atoms in total. The van der Waals surface area contributed by atoms with E-state index in [0.29, 0.717) is 22.2 Å². The average Bonchev–Trinajstić information content (AvgIpc) is 2.35. The van der Waals surface area contributed by atoms with Gasteiger partial charge in [0.25, 0.3) is 11.7 Å². The fourth-order valence-electron chi connectivity index (χ4n) is 1.42. The third-order valence-corrected chi connectivity index (χ3v) is 2.92. The maximum Gasteiger partial charge on any atom is 0.288 e. The molecule has 0 saturated carbocycles. The Hall–Kier alpha value is -1.63. The second-order valence-corrected chi connectivity index (χ2v) is 5.37. The van der Waals surface area contributed by atoms with E-state index >= 15 is 0 Å². The summed E-state index contributed by atoms with van der Waals surface area (Å²) in [6, 6.07) is 5.78. The fraction of sp³-hybridized carbons (Fsp3) is 0.385. The lowest BCUT2D eigenvalue weighted by Gasteiger charge is -2.09. The maximum absolute atomic E-state index is 12.1. The number of alkyl halides is 2. The van der Waals surface area contributed by atoms with Crippen LogP contribution < -0.4 is 10.6 Å². The SMILES string of the molecule is CC(C)NC(=O)CNC(=O)c1ccc(SC(F)F)cc1. The summed E-state index contributed by atoms with van der Waals surface area (Å²) in [4.78, 5) is 23.5. The van der Waals surface area contributed by atoms with Crippen molar-refractivity contribution in [2.24, 2.45) is 0 Å². The lowest BCUT2D eigenvalue weighted by atomic mass is 10.2. The quantitative estimate of drug-likeness (QED) is 0.793. The zero-order valence-electron chi connectivity index (χ0n) is 11.2. The minimum absolute atomic E-state index is 0.00468. The van der Waals surface area contributed by atoms with Gasteiger partial charge in [-0.1, -0.05) is 11.8 Å². The van der Waals surface area contributed by atoms with Crippen molar-refractivity contribution >= 4 is 23.6 Å². The van der Waals surface area contributed by atoms with Crippen LogP contribution in [0.5, 0.6) is 0 Å². The molecule has 0 spiro atoms. The molecule has 0 saturated heterocycles. The van der Waals surface area contributed by atoms with Gasteiger partial charge in [0, 0.05) is 16.5 Å². The number of carbonyl (C=O) groups is 2. The molecule has 2 N–H and O–H groups in total. The summed E-state index contributed by atoms with van der Waals surface area (Å²) < 4.78 is 24.3. The first-order valence-corrected chi connectivity index (χ1v) is 6.89. The van der Waals surface area contributed by atoms with Gasteiger partial charge in [0.05, 0.1) is 6.54 Å². The van der Waals surface area contributed by atoms with Crippen LogP contribution >= 0.6 is 11.8 Å². The third kappa shape index (κ3) is 6.01. The number of amides is 2. The zero-order valence-corrected chi connectivity index (χ0v) is 12.0. The Morgan fingerprint density at radius 1 is 1.20 bits per heavy atom. The molecule has 0 aromatic heterocycles. The van der Waals surface area contributed by atoms with Crippen LogP contribution in [0.25, 0.3) is 0 Å². The number of nitrogens with one attached hydrogen (secondary N) is 2. The van der Waals surface area contributed by atoms with Gasteiger partial charge in [-0.15, -0.1) is 0 Å². The van der Waals surface area contributed by atoms with Crippen LogP contribution in [0, 0.1) is 0 Å². The van der Waals surface area contributed by atoms with Crippen molar-refractivity contribution in [3.63, 3.8) is 0 Å². The van der Waals surface area contributed by atoms with Gasteiger partial charge >= 0.3 is 0 Å². The molecular formula is C13H16F2N2O2S. The lowest BCUT2D eigenvalue weighted by molar-refractivity contribution is -0.120. The second-order valence-electron chi connectivity index (χ2n) is 4.31. The van der Waals surface area contributed by atoms with Gasteiger partial charge in [0.15, 0.2) is 0 Å². The van der Waals surface area contributed by atoms with Crippen LogP contribution in [-0.4, -0.2) is 30.2 Å². The molecule has 20 heavy (non-hydrogen) atoms. The molecule has 1 aromatic rings. The standard InChI is InChI=1S/C13H16F2N2O2S/c1-8(2)17-11(18)7-16-12(19)9-3-5-10(6-4-9)20-13(14)15/h3-6,8,13H,7H2,1-2H3,(H,16,19)(H,17,18). The Morgan fingerprint density at radius 3 is 2.30 bits per heavy atom. The number of hydrogen-bond donors (Lipinski definition) is 2. The number of thioether (sulfide) groups is 1. The Balaban J connectivity index is 2.49. The average molecular weight is 302 g/mol. The molecule has 0 bridgehead atoms. The van der Waals surface area contributed by atoms with E-state index in [1.807, 2.05) is 13.8 Å². The summed E-state index contributed by atoms with van der Waals surface area (Å²) in [7, 11) is 0. The van der Waals surface area contributed by atoms with Gasteiger partial charge in [-0.3, -0.25) is 9.59 Å². The van der Waals surface area contributed by atoms with Gasteiger partial charge in [-0.2, -0.15) is 8.78 Å². The van der Waals surface area contributed by atoms with Crippen LogP contribution in [0.3, 0.4) is 0 Å². The summed E-state index contributed by atoms with van der Waals surface area (Å²) in [6.45, 7) is 3.52. The topological polar surface area (TPSA) is 58.2 Å². The first kappa shape index (κ1) is 16.4. The first-order chi connectivity index (χ1) is 9.38. The highest BCUT2D eigenvalue weighted by molar-refractivity contribution is 7.99. The predicted molar refractivity (Wildman–Crippen MR) is 73.9 cm³/mol. The Morgan fingerprint density at radius 2 is 1.80 bits per heavy atom. The van der Waals surface area contributed by atoms with Crippen LogP contribution in [-0.2, 0) is 4.79 Å². The van der Waals surface area contributed by atoms with E-state index in [4.69, 9.17) is 0 Å². The molecule has 7 heteroatoms. The molecule has 110 valence electrons. The van der Waals surface area contributed by atoms with Gasteiger partial charge in [0.2, 0.25) is 5.91 Å². The monoisotopic (exact) mass is 302 g/mol. The van der Waals surface area contributed by atoms with E-state index in [-0.39, 0.29) is 18.5 Å². The van der Waals surface area contributed by atoms with Crippen LogP contribution in [0.4, 0.5) is 8.78 Å². The van der Waals surface area contributed by atoms with Gasteiger partial charge < -0.3 is 10.6 Å². The van der Waals surface area contributed by atoms with Crippen molar-refractivity contribution in [1.29, 1.82) is 0 Å². The number of rotatable bonds is 6. The molecule has 0 radical (unpaired) electrons. The van der Waals surface area contributed by atoms with Crippen LogP contribution in [0.1, 0.15) is 24.2 Å². The van der Waals surface area contributed by atoms with E-state index in [2.05, 4.69) is 10.6 Å². The normalized spacial score (nSPS) is 10.7. The van der Waals surface area contributed by atoms with E-state index < -0.39 is 11.7 Å². The van der Waals surface area contributed by atoms with Crippen molar-refractivity contribution in [3.05, 3.63) is 29.8 Å². The molecule has 0 unspecified atom stereocenters. The van der Waals surface area contributed by atoms with Gasteiger partial charge in [-0.05, 0) is 38.1 Å². The van der Waals surface area contributed by atoms with E-state index in [1.165, 1.54) is 24.3 Å². The number of halogens is 2.